The summed E-state index contributed by atoms with van der Waals surface area (Å²) < 4.78 is 41.6. The molecule has 0 spiro atoms. The maximum atomic E-state index is 13.6. The summed E-state index contributed by atoms with van der Waals surface area (Å²) in [5.74, 6) is 1.97. The fourth-order valence-electron chi connectivity index (χ4n) is 2.88. The molecular weight excluding hydrogens is 379 g/mol. The molecule has 0 aromatic carbocycles. The van der Waals surface area contributed by atoms with E-state index in [4.69, 9.17) is 11.6 Å². The van der Waals surface area contributed by atoms with Crippen LogP contribution in [0.15, 0.2) is 30.0 Å². The number of hydrogen-bond acceptors (Lipinski definition) is 3. The highest BCUT2D eigenvalue weighted by Gasteiger charge is 2.45. The Morgan fingerprint density at radius 3 is 2.67 bits per heavy atom. The van der Waals surface area contributed by atoms with Gasteiger partial charge in [0, 0.05) is 18.3 Å². The van der Waals surface area contributed by atoms with E-state index in [0.29, 0.717) is 0 Å². The number of ketones is 1. The van der Waals surface area contributed by atoms with Gasteiger partial charge in [0.1, 0.15) is 5.82 Å². The van der Waals surface area contributed by atoms with E-state index in [1.54, 1.807) is 32.1 Å². The molecule has 1 aromatic heterocycles. The number of carbonyl (C=O) groups is 1. The molecule has 2 heterocycles. The summed E-state index contributed by atoms with van der Waals surface area (Å²) in [7, 11) is 0. The molecule has 1 N–H and O–H groups in total. The van der Waals surface area contributed by atoms with Crippen LogP contribution in [0.1, 0.15) is 43.6 Å². The molecule has 0 fully saturated rings. The highest BCUT2D eigenvalue weighted by atomic mass is 35.5. The number of carbonyl (C=O) groups excluding carboxylic acids is 1. The third kappa shape index (κ3) is 5.90. The van der Waals surface area contributed by atoms with Crippen molar-refractivity contribution in [3.63, 3.8) is 0 Å². The Morgan fingerprint density at radius 1 is 1.56 bits per heavy atom. The normalized spacial score (nSPS) is 20.0. The second-order valence-corrected chi connectivity index (χ2v) is 6.22. The van der Waals surface area contributed by atoms with Crippen LogP contribution < -0.4 is 5.32 Å². The van der Waals surface area contributed by atoms with E-state index in [1.807, 2.05) is 0 Å². The van der Waals surface area contributed by atoms with Gasteiger partial charge in [0.25, 0.3) is 0 Å². The van der Waals surface area contributed by atoms with Gasteiger partial charge < -0.3 is 5.32 Å². The number of aromatic nitrogens is 2. The van der Waals surface area contributed by atoms with Crippen LogP contribution in [0.4, 0.5) is 19.0 Å². The lowest BCUT2D eigenvalue weighted by Crippen LogP contribution is -2.29. The number of anilines is 1. The van der Waals surface area contributed by atoms with Gasteiger partial charge in [0.05, 0.1) is 11.8 Å². The largest absolute Gasteiger partial charge is 0.410 e. The summed E-state index contributed by atoms with van der Waals surface area (Å²) >= 11 is 5.62. The Hall–Kier alpha value is -2.20. The summed E-state index contributed by atoms with van der Waals surface area (Å²) in [6.07, 6.45) is 6.39. The minimum Gasteiger partial charge on any atom is -0.369 e. The minimum absolute atomic E-state index is 0.129. The first-order valence-electron chi connectivity index (χ1n) is 8.36. The number of Topliss-reactive ketones (excluding diaryl/α,β-unsaturated/α-hetero) is 1. The molecule has 1 aromatic rings. The maximum absolute atomic E-state index is 13.6. The average Bonchev–Trinajstić information content (AvgIpc) is 2.91. The molecule has 2 rings (SSSR count). The molecule has 27 heavy (non-hydrogen) atoms. The number of alkyl halides is 4. The van der Waals surface area contributed by atoms with Crippen LogP contribution in [0.25, 0.3) is 0 Å². The quantitative estimate of drug-likeness (QED) is 0.334. The van der Waals surface area contributed by atoms with Gasteiger partial charge in [-0.1, -0.05) is 18.2 Å². The lowest BCUT2D eigenvalue weighted by molar-refractivity contribution is -0.172. The van der Waals surface area contributed by atoms with Crippen molar-refractivity contribution in [3.05, 3.63) is 35.6 Å². The first-order chi connectivity index (χ1) is 12.7. The van der Waals surface area contributed by atoms with Crippen molar-refractivity contribution >= 4 is 23.2 Å². The molecule has 148 valence electrons. The van der Waals surface area contributed by atoms with Gasteiger partial charge in [-0.05, 0) is 32.8 Å². The Bertz CT molecular complexity index is 744. The van der Waals surface area contributed by atoms with Gasteiger partial charge in [0.2, 0.25) is 0 Å². The number of allylic oxidation sites excluding steroid dienone is 3. The van der Waals surface area contributed by atoms with E-state index in [1.165, 1.54) is 13.1 Å². The van der Waals surface area contributed by atoms with Crippen molar-refractivity contribution in [1.82, 2.24) is 9.78 Å². The van der Waals surface area contributed by atoms with Gasteiger partial charge in [0.15, 0.2) is 11.8 Å². The van der Waals surface area contributed by atoms with Crippen molar-refractivity contribution in [1.29, 1.82) is 0 Å². The number of terminal acetylenes is 1. The SMILES string of the molecule is C#CC.C/C=C(\C=C/CCl)C1CNc2c(C(C)=O)cnn2C(C(F)(F)F)C1. The second-order valence-electron chi connectivity index (χ2n) is 5.91. The number of nitrogens with one attached hydrogen (secondary N) is 1. The number of fused-ring (bicyclic) bond motifs is 1. The predicted octanol–water partition coefficient (Wildman–Crippen LogP) is 5.00. The van der Waals surface area contributed by atoms with Crippen LogP contribution in [0.5, 0.6) is 0 Å². The molecule has 1 aliphatic heterocycles. The van der Waals surface area contributed by atoms with Crippen molar-refractivity contribution in [2.75, 3.05) is 17.7 Å². The third-order valence-electron chi connectivity index (χ3n) is 4.08. The monoisotopic (exact) mass is 401 g/mol. The molecular formula is C19H23ClF3N3O. The van der Waals surface area contributed by atoms with E-state index in [9.17, 15) is 18.0 Å². The molecule has 4 nitrogen and oxygen atoms in total. The molecule has 0 aliphatic carbocycles. The molecule has 0 radical (unpaired) electrons. The Morgan fingerprint density at radius 2 is 2.19 bits per heavy atom. The van der Waals surface area contributed by atoms with Gasteiger partial charge in [-0.15, -0.1) is 23.9 Å². The topological polar surface area (TPSA) is 46.9 Å². The van der Waals surface area contributed by atoms with Crippen molar-refractivity contribution in [2.45, 2.75) is 39.4 Å². The maximum Gasteiger partial charge on any atom is 0.410 e. The summed E-state index contributed by atoms with van der Waals surface area (Å²) in [6, 6.07) is -1.79. The zero-order chi connectivity index (χ0) is 20.6. The standard InChI is InChI=1S/C16H19ClF3N3O.C3H4/c1-3-11(5-4-6-17)12-7-14(16(18,19)20)23-15(21-8-12)13(9-22-23)10(2)24;1-3-2/h3-5,9,12,14,21H,6-8H2,1-2H3;1H,2H3/b5-4-,11-3+;. The van der Waals surface area contributed by atoms with Gasteiger partial charge >= 0.3 is 6.18 Å². The number of nitrogens with zero attached hydrogens (tertiary/aromatic N) is 2. The number of rotatable bonds is 4. The van der Waals surface area contributed by atoms with E-state index < -0.39 is 12.2 Å². The molecule has 1 aliphatic rings. The molecule has 0 saturated carbocycles. The van der Waals surface area contributed by atoms with Crippen LogP contribution in [0.2, 0.25) is 0 Å². The predicted molar refractivity (Wildman–Crippen MR) is 102 cm³/mol. The zero-order valence-electron chi connectivity index (χ0n) is 15.5. The molecule has 0 saturated heterocycles. The van der Waals surface area contributed by atoms with Crippen LogP contribution in [-0.2, 0) is 0 Å². The first-order valence-corrected chi connectivity index (χ1v) is 8.89. The van der Waals surface area contributed by atoms with Gasteiger partial charge in [-0.2, -0.15) is 18.3 Å². The van der Waals surface area contributed by atoms with E-state index in [-0.39, 0.29) is 41.9 Å². The lowest BCUT2D eigenvalue weighted by Gasteiger charge is -2.23. The Balaban J connectivity index is 0.00000114. The fraction of sp³-hybridized carbons (Fsp3) is 0.474. The molecule has 2 unspecified atom stereocenters. The summed E-state index contributed by atoms with van der Waals surface area (Å²) in [4.78, 5) is 11.6. The van der Waals surface area contributed by atoms with E-state index >= 15 is 0 Å². The van der Waals surface area contributed by atoms with Crippen LogP contribution in [0, 0.1) is 18.3 Å². The minimum atomic E-state index is -4.46. The summed E-state index contributed by atoms with van der Waals surface area (Å²) in [6.45, 7) is 5.02. The number of hydrogen-bond donors (Lipinski definition) is 1. The number of halogens is 4. The first kappa shape index (κ1) is 22.8. The Labute approximate surface area is 162 Å². The highest BCUT2D eigenvalue weighted by Crippen LogP contribution is 2.41. The second kappa shape index (κ2) is 10.2. The van der Waals surface area contributed by atoms with Crippen molar-refractivity contribution < 1.29 is 18.0 Å². The molecule has 2 atom stereocenters. The average molecular weight is 402 g/mol. The summed E-state index contributed by atoms with van der Waals surface area (Å²) in [5.41, 5.74) is 0.941. The smallest absolute Gasteiger partial charge is 0.369 e. The highest BCUT2D eigenvalue weighted by molar-refractivity contribution is 6.18. The van der Waals surface area contributed by atoms with Crippen LogP contribution >= 0.6 is 11.6 Å². The molecule has 0 bridgehead atoms. The third-order valence-corrected chi connectivity index (χ3v) is 4.25. The van der Waals surface area contributed by atoms with Crippen molar-refractivity contribution in [2.24, 2.45) is 5.92 Å². The zero-order valence-corrected chi connectivity index (χ0v) is 16.2. The van der Waals surface area contributed by atoms with Crippen LogP contribution in [0.3, 0.4) is 0 Å². The van der Waals surface area contributed by atoms with Crippen LogP contribution in [-0.4, -0.2) is 34.2 Å². The lowest BCUT2D eigenvalue weighted by atomic mass is 9.91. The summed E-state index contributed by atoms with van der Waals surface area (Å²) in [5, 5.41) is 6.79. The molecule has 0 amide bonds. The molecule has 8 heteroatoms. The van der Waals surface area contributed by atoms with Gasteiger partial charge in [-0.3, -0.25) is 4.79 Å². The Kier molecular flexibility index (Phi) is 8.64. The van der Waals surface area contributed by atoms with Gasteiger partial charge in [-0.25, -0.2) is 4.68 Å². The van der Waals surface area contributed by atoms with Crippen molar-refractivity contribution in [3.8, 4) is 12.3 Å². The fourth-order valence-corrected chi connectivity index (χ4v) is 2.97. The van der Waals surface area contributed by atoms with E-state index in [0.717, 1.165) is 10.3 Å². The van der Waals surface area contributed by atoms with E-state index in [2.05, 4.69) is 22.8 Å².